The molecule has 0 amide bonds. The summed E-state index contributed by atoms with van der Waals surface area (Å²) in [6.07, 6.45) is 1.16. The Bertz CT molecular complexity index is 95.9. The second-order valence-electron chi connectivity index (χ2n) is 0.698. The van der Waals surface area contributed by atoms with E-state index in [4.69, 9.17) is 11.0 Å². The topological polar surface area (TPSA) is 49.8 Å². The van der Waals surface area contributed by atoms with Gasteiger partial charge in [0.05, 0.1) is 11.1 Å². The van der Waals surface area contributed by atoms with Crippen molar-refractivity contribution in [1.29, 1.82) is 5.26 Å². The molecule has 0 unspecified atom stereocenters. The molecule has 3 heteroatoms. The first kappa shape index (κ1) is 5.38. The van der Waals surface area contributed by atoms with Crippen molar-refractivity contribution in [1.82, 2.24) is 0 Å². The first-order chi connectivity index (χ1) is 2.77. The predicted octanol–water partition coefficient (Wildman–Crippen LogP) is 0.240. The van der Waals surface area contributed by atoms with Crippen molar-refractivity contribution < 1.29 is 0 Å². The Hall–Kier alpha value is -0.620. The van der Waals surface area contributed by atoms with Gasteiger partial charge in [0.15, 0.2) is 0 Å². The fourth-order valence-electron chi connectivity index (χ4n) is 0.0661. The maximum Gasteiger partial charge on any atom is 0.0939 e. The Balaban J connectivity index is 3.51. The molecule has 0 aromatic heterocycles. The lowest BCUT2D eigenvalue weighted by Crippen LogP contribution is -1.83. The Morgan fingerprint density at radius 1 is 2.00 bits per heavy atom. The molecule has 0 spiro atoms. The number of nitrogens with zero attached hydrogens (tertiary/aromatic N) is 1. The number of hydrogen-bond acceptors (Lipinski definition) is 3. The highest BCUT2D eigenvalue weighted by Gasteiger charge is 1.67. The molecule has 6 heavy (non-hydrogen) atoms. The normalized spacial score (nSPS) is 10.3. The van der Waals surface area contributed by atoms with Crippen molar-refractivity contribution in [2.75, 3.05) is 0 Å². The number of thiol groups is 1. The van der Waals surface area contributed by atoms with E-state index >= 15 is 0 Å². The van der Waals surface area contributed by atoms with E-state index in [0.717, 1.165) is 6.08 Å². The monoisotopic (exact) mass is 100 g/mol. The van der Waals surface area contributed by atoms with E-state index in [-0.39, 0.29) is 5.03 Å². The molecule has 0 aliphatic heterocycles. The van der Waals surface area contributed by atoms with E-state index in [1.54, 1.807) is 6.07 Å². The van der Waals surface area contributed by atoms with Gasteiger partial charge in [-0.05, 0) is 0 Å². The molecular weight excluding hydrogens is 96.1 g/mol. The van der Waals surface area contributed by atoms with Crippen molar-refractivity contribution in [2.24, 2.45) is 5.73 Å². The summed E-state index contributed by atoms with van der Waals surface area (Å²) in [7, 11) is 0. The summed E-state index contributed by atoms with van der Waals surface area (Å²) < 4.78 is 0. The maximum atomic E-state index is 7.78. The SMILES string of the molecule is N#C/C=C(/N)S. The smallest absolute Gasteiger partial charge is 0.0939 e. The first-order valence-electron chi connectivity index (χ1n) is 1.31. The molecule has 0 saturated heterocycles. The minimum absolute atomic E-state index is 0.248. The van der Waals surface area contributed by atoms with Gasteiger partial charge in [0.1, 0.15) is 0 Å². The van der Waals surface area contributed by atoms with E-state index in [9.17, 15) is 0 Å². The van der Waals surface area contributed by atoms with Crippen molar-refractivity contribution in [3.8, 4) is 6.07 Å². The van der Waals surface area contributed by atoms with Crippen LogP contribution in [0.25, 0.3) is 0 Å². The lowest BCUT2D eigenvalue weighted by atomic mass is 10.7. The summed E-state index contributed by atoms with van der Waals surface area (Å²) in [5, 5.41) is 8.03. The van der Waals surface area contributed by atoms with E-state index in [1.165, 1.54) is 0 Å². The van der Waals surface area contributed by atoms with Crippen LogP contribution in [0.3, 0.4) is 0 Å². The van der Waals surface area contributed by atoms with Gasteiger partial charge in [0, 0.05) is 6.08 Å². The van der Waals surface area contributed by atoms with Gasteiger partial charge in [-0.25, -0.2) is 0 Å². The highest BCUT2D eigenvalue weighted by Crippen LogP contribution is 1.83. The van der Waals surface area contributed by atoms with Gasteiger partial charge in [0.2, 0.25) is 0 Å². The third-order valence-electron chi connectivity index (χ3n) is 0.212. The highest BCUT2D eigenvalue weighted by atomic mass is 32.1. The molecule has 0 atom stereocenters. The molecule has 0 aromatic rings. The molecule has 0 heterocycles. The summed E-state index contributed by atoms with van der Waals surface area (Å²) in [4.78, 5) is 0. The van der Waals surface area contributed by atoms with Crippen LogP contribution < -0.4 is 5.73 Å². The van der Waals surface area contributed by atoms with Crippen LogP contribution in [0.15, 0.2) is 11.1 Å². The molecule has 0 radical (unpaired) electrons. The van der Waals surface area contributed by atoms with Crippen LogP contribution in [0, 0.1) is 11.3 Å². The van der Waals surface area contributed by atoms with Gasteiger partial charge >= 0.3 is 0 Å². The van der Waals surface area contributed by atoms with Crippen LogP contribution in [0.5, 0.6) is 0 Å². The quantitative estimate of drug-likeness (QED) is 0.338. The zero-order chi connectivity index (χ0) is 4.99. The number of rotatable bonds is 0. The second kappa shape index (κ2) is 2.61. The highest BCUT2D eigenvalue weighted by molar-refractivity contribution is 7.84. The van der Waals surface area contributed by atoms with Crippen molar-refractivity contribution in [2.45, 2.75) is 0 Å². The van der Waals surface area contributed by atoms with Gasteiger partial charge in [-0.3, -0.25) is 0 Å². The summed E-state index contributed by atoms with van der Waals surface area (Å²) >= 11 is 3.59. The summed E-state index contributed by atoms with van der Waals surface area (Å²) in [6.45, 7) is 0. The van der Waals surface area contributed by atoms with Crippen molar-refractivity contribution >= 4 is 12.6 Å². The van der Waals surface area contributed by atoms with Crippen LogP contribution in [-0.2, 0) is 0 Å². The van der Waals surface area contributed by atoms with Gasteiger partial charge in [0.25, 0.3) is 0 Å². The molecule has 0 aliphatic rings. The Labute approximate surface area is 41.7 Å². The number of nitriles is 1. The minimum atomic E-state index is 0.248. The van der Waals surface area contributed by atoms with E-state index in [2.05, 4.69) is 12.6 Å². The van der Waals surface area contributed by atoms with Crippen LogP contribution in [0.4, 0.5) is 0 Å². The third-order valence-corrected chi connectivity index (χ3v) is 0.342. The fourth-order valence-corrected chi connectivity index (χ4v) is 0.124. The molecule has 2 nitrogen and oxygen atoms in total. The molecule has 0 aliphatic carbocycles. The second-order valence-corrected chi connectivity index (χ2v) is 1.21. The molecule has 0 bridgehead atoms. The zero-order valence-electron chi connectivity index (χ0n) is 3.05. The molecule has 32 valence electrons. The van der Waals surface area contributed by atoms with Gasteiger partial charge in [-0.15, -0.1) is 12.6 Å². The van der Waals surface area contributed by atoms with Crippen LogP contribution >= 0.6 is 12.6 Å². The van der Waals surface area contributed by atoms with Crippen molar-refractivity contribution in [3.05, 3.63) is 11.1 Å². The largest absolute Gasteiger partial charge is 0.393 e. The molecule has 2 N–H and O–H groups in total. The Morgan fingerprint density at radius 3 is 2.50 bits per heavy atom. The average molecular weight is 100 g/mol. The lowest BCUT2D eigenvalue weighted by Gasteiger charge is -1.73. The maximum absolute atomic E-state index is 7.78. The first-order valence-corrected chi connectivity index (χ1v) is 1.76. The van der Waals surface area contributed by atoms with E-state index in [1.807, 2.05) is 0 Å². The van der Waals surface area contributed by atoms with Crippen LogP contribution in [-0.4, -0.2) is 0 Å². The molecule has 0 aromatic carbocycles. The number of nitrogens with two attached hydrogens (primary N) is 1. The molecule has 0 fully saturated rings. The molecule has 0 rings (SSSR count). The van der Waals surface area contributed by atoms with E-state index in [0.29, 0.717) is 0 Å². The Kier molecular flexibility index (Phi) is 2.34. The summed E-state index contributed by atoms with van der Waals surface area (Å²) in [5.41, 5.74) is 4.91. The minimum Gasteiger partial charge on any atom is -0.393 e. The average Bonchev–Trinajstić information content (AvgIpc) is 1.35. The number of hydrogen-bond donors (Lipinski definition) is 2. The van der Waals surface area contributed by atoms with Gasteiger partial charge < -0.3 is 5.73 Å². The van der Waals surface area contributed by atoms with Crippen LogP contribution in [0.2, 0.25) is 0 Å². The fraction of sp³-hybridized carbons (Fsp3) is 0. The standard InChI is InChI=1S/C3H4N2S/c4-2-1-3(5)6/h1,6H,5H2/b3-1-. The van der Waals surface area contributed by atoms with Gasteiger partial charge in [-0.1, -0.05) is 0 Å². The summed E-state index contributed by atoms with van der Waals surface area (Å²) in [5.74, 6) is 0. The predicted molar refractivity (Wildman–Crippen MR) is 26.9 cm³/mol. The van der Waals surface area contributed by atoms with Gasteiger partial charge in [-0.2, -0.15) is 5.26 Å². The van der Waals surface area contributed by atoms with Crippen molar-refractivity contribution in [3.63, 3.8) is 0 Å². The zero-order valence-corrected chi connectivity index (χ0v) is 3.94. The molecular formula is C3H4N2S. The summed E-state index contributed by atoms with van der Waals surface area (Å²) in [6, 6.07) is 1.70. The van der Waals surface area contributed by atoms with Crippen LogP contribution in [0.1, 0.15) is 0 Å². The number of allylic oxidation sites excluding steroid dienone is 1. The third kappa shape index (κ3) is 3.38. The molecule has 0 saturated carbocycles. The van der Waals surface area contributed by atoms with E-state index < -0.39 is 0 Å². The lowest BCUT2D eigenvalue weighted by molar-refractivity contribution is 1.50. The Morgan fingerprint density at radius 2 is 2.50 bits per heavy atom.